The van der Waals surface area contributed by atoms with Crippen LogP contribution in [0.5, 0.6) is 0 Å². The lowest BCUT2D eigenvalue weighted by atomic mass is 10.0. The molecule has 1 amide bonds. The van der Waals surface area contributed by atoms with Crippen LogP contribution in [0.25, 0.3) is 0 Å². The van der Waals surface area contributed by atoms with Crippen LogP contribution in [-0.4, -0.2) is 11.9 Å². The molecule has 0 aliphatic carbocycles. The Bertz CT molecular complexity index is 632. The van der Waals surface area contributed by atoms with Gasteiger partial charge in [0, 0.05) is 15.3 Å². The number of benzene rings is 2. The van der Waals surface area contributed by atoms with E-state index in [0.29, 0.717) is 0 Å². The topological polar surface area (TPSA) is 53.2 Å². The summed E-state index contributed by atoms with van der Waals surface area (Å²) < 4.78 is 1.10. The number of amides is 1. The van der Waals surface area contributed by atoms with Gasteiger partial charge in [0.1, 0.15) is 6.04 Å². The number of rotatable bonds is 3. The summed E-state index contributed by atoms with van der Waals surface area (Å²) in [6, 6.07) is 17.9. The van der Waals surface area contributed by atoms with Gasteiger partial charge >= 0.3 is 0 Å². The molecule has 108 valence electrons. The highest BCUT2D eigenvalue weighted by atomic mass is 127. The maximum Gasteiger partial charge on any atom is 0.242 e. The first-order valence-electron chi connectivity index (χ1n) is 6.85. The highest BCUT2D eigenvalue weighted by Gasteiger charge is 2.29. The van der Waals surface area contributed by atoms with Crippen molar-refractivity contribution in [3.8, 4) is 0 Å². The first-order valence-corrected chi connectivity index (χ1v) is 7.93. The van der Waals surface area contributed by atoms with E-state index in [9.17, 15) is 4.79 Å². The van der Waals surface area contributed by atoms with Crippen molar-refractivity contribution in [2.75, 3.05) is 5.32 Å². The molecule has 0 spiro atoms. The van der Waals surface area contributed by atoms with Gasteiger partial charge in [0.2, 0.25) is 5.91 Å². The molecule has 21 heavy (non-hydrogen) atoms. The van der Waals surface area contributed by atoms with Crippen molar-refractivity contribution in [1.82, 2.24) is 10.9 Å². The molecule has 1 aliphatic rings. The number of anilines is 1. The average Bonchev–Trinajstić information content (AvgIpc) is 2.98. The number of carbonyl (C=O) groups is 1. The van der Waals surface area contributed by atoms with Gasteiger partial charge in [0.15, 0.2) is 0 Å². The molecular formula is C16H16IN3O. The molecule has 2 atom stereocenters. The summed E-state index contributed by atoms with van der Waals surface area (Å²) in [6.45, 7) is 0. The molecule has 1 heterocycles. The summed E-state index contributed by atoms with van der Waals surface area (Å²) in [6.07, 6.45) is 0.736. The third kappa shape index (κ3) is 3.61. The molecule has 2 aromatic carbocycles. The summed E-state index contributed by atoms with van der Waals surface area (Å²) in [5.74, 6) is -0.0112. The SMILES string of the molecule is O=C(Nc1cccc(I)c1)C1CC(c2ccccc2)NN1. The average molecular weight is 393 g/mol. The number of hydrogen-bond acceptors (Lipinski definition) is 3. The summed E-state index contributed by atoms with van der Waals surface area (Å²) in [5, 5.41) is 2.95. The van der Waals surface area contributed by atoms with E-state index >= 15 is 0 Å². The van der Waals surface area contributed by atoms with Crippen LogP contribution in [-0.2, 0) is 4.79 Å². The lowest BCUT2D eigenvalue weighted by Gasteiger charge is -2.11. The second kappa shape index (κ2) is 6.55. The van der Waals surface area contributed by atoms with Crippen molar-refractivity contribution in [2.45, 2.75) is 18.5 Å². The molecule has 0 saturated carbocycles. The van der Waals surface area contributed by atoms with Gasteiger partial charge < -0.3 is 5.32 Å². The summed E-state index contributed by atoms with van der Waals surface area (Å²) >= 11 is 2.23. The van der Waals surface area contributed by atoms with Crippen LogP contribution in [0, 0.1) is 3.57 Å². The van der Waals surface area contributed by atoms with Crippen molar-refractivity contribution < 1.29 is 4.79 Å². The van der Waals surface area contributed by atoms with Crippen molar-refractivity contribution >= 4 is 34.2 Å². The first kappa shape index (κ1) is 14.5. The van der Waals surface area contributed by atoms with Crippen LogP contribution in [0.4, 0.5) is 5.69 Å². The standard InChI is InChI=1S/C16H16IN3O/c17-12-7-4-8-13(9-12)18-16(21)15-10-14(19-20-15)11-5-2-1-3-6-11/h1-9,14-15,19-20H,10H2,(H,18,21). The fraction of sp³-hybridized carbons (Fsp3) is 0.188. The van der Waals surface area contributed by atoms with Crippen LogP contribution in [0.2, 0.25) is 0 Å². The Kier molecular flexibility index (Phi) is 4.52. The van der Waals surface area contributed by atoms with Crippen molar-refractivity contribution in [3.05, 3.63) is 63.7 Å². The van der Waals surface area contributed by atoms with E-state index in [1.165, 1.54) is 5.56 Å². The first-order chi connectivity index (χ1) is 10.2. The molecule has 0 bridgehead atoms. The van der Waals surface area contributed by atoms with E-state index in [-0.39, 0.29) is 18.0 Å². The predicted octanol–water partition coefficient (Wildman–Crippen LogP) is 2.84. The Labute approximate surface area is 137 Å². The Balaban J connectivity index is 1.62. The van der Waals surface area contributed by atoms with Gasteiger partial charge in [-0.3, -0.25) is 4.79 Å². The van der Waals surface area contributed by atoms with Gasteiger partial charge in [-0.25, -0.2) is 10.9 Å². The van der Waals surface area contributed by atoms with Crippen LogP contribution in [0.15, 0.2) is 54.6 Å². The van der Waals surface area contributed by atoms with Gasteiger partial charge in [-0.05, 0) is 52.8 Å². The minimum Gasteiger partial charge on any atom is -0.325 e. The summed E-state index contributed by atoms with van der Waals surface area (Å²) in [4.78, 5) is 12.3. The van der Waals surface area contributed by atoms with E-state index in [0.717, 1.165) is 15.7 Å². The second-order valence-electron chi connectivity index (χ2n) is 5.04. The van der Waals surface area contributed by atoms with Crippen LogP contribution >= 0.6 is 22.6 Å². The molecule has 2 unspecified atom stereocenters. The Hall–Kier alpha value is -1.44. The molecule has 3 N–H and O–H groups in total. The monoisotopic (exact) mass is 393 g/mol. The summed E-state index contributed by atoms with van der Waals surface area (Å²) in [7, 11) is 0. The lowest BCUT2D eigenvalue weighted by Crippen LogP contribution is -2.39. The molecule has 1 fully saturated rings. The van der Waals surface area contributed by atoms with Crippen LogP contribution < -0.4 is 16.2 Å². The molecule has 4 nitrogen and oxygen atoms in total. The van der Waals surface area contributed by atoms with E-state index in [1.54, 1.807) is 0 Å². The normalized spacial score (nSPS) is 21.2. The molecular weight excluding hydrogens is 377 g/mol. The zero-order valence-electron chi connectivity index (χ0n) is 11.3. The Morgan fingerprint density at radius 3 is 2.67 bits per heavy atom. The fourth-order valence-electron chi connectivity index (χ4n) is 2.43. The number of carbonyl (C=O) groups excluding carboxylic acids is 1. The fourth-order valence-corrected chi connectivity index (χ4v) is 2.97. The number of hydrazine groups is 1. The summed E-state index contributed by atoms with van der Waals surface area (Å²) in [5.41, 5.74) is 8.28. The molecule has 2 aromatic rings. The molecule has 1 aliphatic heterocycles. The zero-order chi connectivity index (χ0) is 14.7. The predicted molar refractivity (Wildman–Crippen MR) is 91.6 cm³/mol. The van der Waals surface area contributed by atoms with Gasteiger partial charge in [-0.1, -0.05) is 36.4 Å². The van der Waals surface area contributed by atoms with E-state index in [2.05, 4.69) is 50.9 Å². The molecule has 1 saturated heterocycles. The third-order valence-corrected chi connectivity index (χ3v) is 4.18. The largest absolute Gasteiger partial charge is 0.325 e. The maximum atomic E-state index is 12.3. The van der Waals surface area contributed by atoms with Crippen molar-refractivity contribution in [3.63, 3.8) is 0 Å². The molecule has 3 rings (SSSR count). The van der Waals surface area contributed by atoms with Gasteiger partial charge in [-0.15, -0.1) is 0 Å². The van der Waals surface area contributed by atoms with Gasteiger partial charge in [-0.2, -0.15) is 0 Å². The van der Waals surface area contributed by atoms with Crippen molar-refractivity contribution in [2.24, 2.45) is 0 Å². The van der Waals surface area contributed by atoms with Gasteiger partial charge in [0.25, 0.3) is 0 Å². The smallest absolute Gasteiger partial charge is 0.242 e. The third-order valence-electron chi connectivity index (χ3n) is 3.51. The second-order valence-corrected chi connectivity index (χ2v) is 6.29. The molecule has 0 radical (unpaired) electrons. The minimum atomic E-state index is -0.229. The highest BCUT2D eigenvalue weighted by molar-refractivity contribution is 14.1. The number of nitrogens with one attached hydrogen (secondary N) is 3. The number of hydrogen-bond donors (Lipinski definition) is 3. The van der Waals surface area contributed by atoms with E-state index < -0.39 is 0 Å². The molecule has 0 aromatic heterocycles. The van der Waals surface area contributed by atoms with Crippen LogP contribution in [0.3, 0.4) is 0 Å². The Morgan fingerprint density at radius 2 is 1.90 bits per heavy atom. The number of halogens is 1. The Morgan fingerprint density at radius 1 is 1.10 bits per heavy atom. The quantitative estimate of drug-likeness (QED) is 0.704. The van der Waals surface area contributed by atoms with Crippen LogP contribution in [0.1, 0.15) is 18.0 Å². The highest BCUT2D eigenvalue weighted by Crippen LogP contribution is 2.22. The van der Waals surface area contributed by atoms with Crippen molar-refractivity contribution in [1.29, 1.82) is 0 Å². The molecule has 5 heteroatoms. The van der Waals surface area contributed by atoms with E-state index in [1.807, 2.05) is 42.5 Å². The van der Waals surface area contributed by atoms with Gasteiger partial charge in [0.05, 0.1) is 0 Å². The lowest BCUT2D eigenvalue weighted by molar-refractivity contribution is -0.117. The maximum absolute atomic E-state index is 12.3. The van der Waals surface area contributed by atoms with E-state index in [4.69, 9.17) is 0 Å². The minimum absolute atomic E-state index is 0.0112. The zero-order valence-corrected chi connectivity index (χ0v) is 13.5.